The van der Waals surface area contributed by atoms with Gasteiger partial charge in [0.2, 0.25) is 10.0 Å². The molecule has 0 aliphatic carbocycles. The number of esters is 1. The maximum atomic E-state index is 12.8. The van der Waals surface area contributed by atoms with Crippen molar-refractivity contribution in [3.8, 4) is 0 Å². The standard InChI is InChI=1S/C18H20N4O8S/c1-11-2-3-12(31(27,28)22-4-6-29-7-5-22)8-14(11)20-15(23)10-30-17(25)13-9-19-18(26)21-16(13)24/h2-3,8-9H,4-7,10H2,1H3,(H,20,23)(H2,19,21,24,26). The lowest BCUT2D eigenvalue weighted by atomic mass is 10.2. The lowest BCUT2D eigenvalue weighted by Gasteiger charge is -2.26. The Balaban J connectivity index is 1.68. The number of hydrogen-bond acceptors (Lipinski definition) is 8. The number of benzene rings is 1. The molecule has 2 heterocycles. The summed E-state index contributed by atoms with van der Waals surface area (Å²) in [6.45, 7) is 2.02. The number of nitrogens with one attached hydrogen (secondary N) is 3. The number of sulfonamides is 1. The van der Waals surface area contributed by atoms with Crippen molar-refractivity contribution in [2.45, 2.75) is 11.8 Å². The smallest absolute Gasteiger partial charge is 0.345 e. The van der Waals surface area contributed by atoms with Crippen LogP contribution in [-0.2, 0) is 24.3 Å². The number of morpholine rings is 1. The molecule has 12 nitrogen and oxygen atoms in total. The minimum absolute atomic E-state index is 0.00654. The molecule has 166 valence electrons. The second-order valence-corrected chi connectivity index (χ2v) is 8.54. The van der Waals surface area contributed by atoms with Crippen molar-refractivity contribution in [3.63, 3.8) is 0 Å². The fourth-order valence-electron chi connectivity index (χ4n) is 2.79. The third kappa shape index (κ3) is 5.25. The first-order valence-corrected chi connectivity index (χ1v) is 10.6. The van der Waals surface area contributed by atoms with Crippen molar-refractivity contribution in [2.75, 3.05) is 38.2 Å². The molecule has 0 atom stereocenters. The van der Waals surface area contributed by atoms with Crippen LogP contribution in [0.25, 0.3) is 0 Å². The number of carbonyl (C=O) groups excluding carboxylic acids is 2. The highest BCUT2D eigenvalue weighted by molar-refractivity contribution is 7.89. The van der Waals surface area contributed by atoms with Crippen molar-refractivity contribution in [1.29, 1.82) is 0 Å². The van der Waals surface area contributed by atoms with Gasteiger partial charge in [0.15, 0.2) is 6.61 Å². The van der Waals surface area contributed by atoms with Gasteiger partial charge in [-0.05, 0) is 24.6 Å². The van der Waals surface area contributed by atoms with Gasteiger partial charge >= 0.3 is 11.7 Å². The van der Waals surface area contributed by atoms with Gasteiger partial charge in [0, 0.05) is 25.0 Å². The van der Waals surface area contributed by atoms with Gasteiger partial charge in [0.1, 0.15) is 5.56 Å². The maximum absolute atomic E-state index is 12.8. The van der Waals surface area contributed by atoms with Crippen molar-refractivity contribution in [1.82, 2.24) is 14.3 Å². The SMILES string of the molecule is Cc1ccc(S(=O)(=O)N2CCOCC2)cc1NC(=O)COC(=O)c1c[nH]c(=O)[nH]c1=O. The zero-order valence-electron chi connectivity index (χ0n) is 16.5. The first-order valence-electron chi connectivity index (χ1n) is 9.16. The number of amides is 1. The van der Waals surface area contributed by atoms with Gasteiger partial charge in [-0.1, -0.05) is 6.07 Å². The third-order valence-corrected chi connectivity index (χ3v) is 6.36. The van der Waals surface area contributed by atoms with E-state index in [1.807, 2.05) is 4.98 Å². The molecule has 0 saturated carbocycles. The topological polar surface area (TPSA) is 168 Å². The number of nitrogens with zero attached hydrogens (tertiary/aromatic N) is 1. The summed E-state index contributed by atoms with van der Waals surface area (Å²) in [5.41, 5.74) is -1.38. The van der Waals surface area contributed by atoms with E-state index in [2.05, 4.69) is 10.3 Å². The molecule has 1 aromatic carbocycles. The Labute approximate surface area is 176 Å². The molecular weight excluding hydrogens is 432 g/mol. The van der Waals surface area contributed by atoms with Crippen LogP contribution >= 0.6 is 0 Å². The molecule has 0 bridgehead atoms. The van der Waals surface area contributed by atoms with E-state index in [1.54, 1.807) is 13.0 Å². The van der Waals surface area contributed by atoms with Crippen molar-refractivity contribution >= 4 is 27.6 Å². The molecule has 1 saturated heterocycles. The van der Waals surface area contributed by atoms with Crippen LogP contribution in [0.3, 0.4) is 0 Å². The lowest BCUT2D eigenvalue weighted by molar-refractivity contribution is -0.119. The van der Waals surface area contributed by atoms with E-state index in [0.717, 1.165) is 6.20 Å². The predicted octanol–water partition coefficient (Wildman–Crippen LogP) is -0.812. The van der Waals surface area contributed by atoms with Crippen LogP contribution < -0.4 is 16.6 Å². The quantitative estimate of drug-likeness (QED) is 0.478. The predicted molar refractivity (Wildman–Crippen MR) is 107 cm³/mol. The second kappa shape index (κ2) is 9.24. The number of carbonyl (C=O) groups is 2. The van der Waals surface area contributed by atoms with Gasteiger partial charge in [-0.2, -0.15) is 4.31 Å². The van der Waals surface area contributed by atoms with E-state index >= 15 is 0 Å². The molecule has 1 amide bonds. The van der Waals surface area contributed by atoms with E-state index in [4.69, 9.17) is 9.47 Å². The molecule has 13 heteroatoms. The van der Waals surface area contributed by atoms with Gasteiger partial charge in [-0.15, -0.1) is 0 Å². The Bertz CT molecular complexity index is 1210. The van der Waals surface area contributed by atoms with Crippen LogP contribution in [0.1, 0.15) is 15.9 Å². The molecular formula is C18H20N4O8S. The average molecular weight is 452 g/mol. The fraction of sp³-hybridized carbons (Fsp3) is 0.333. The number of anilines is 1. The number of H-pyrrole nitrogens is 2. The molecule has 1 aromatic heterocycles. The van der Waals surface area contributed by atoms with E-state index in [9.17, 15) is 27.6 Å². The summed E-state index contributed by atoms with van der Waals surface area (Å²) in [5, 5.41) is 2.49. The molecule has 31 heavy (non-hydrogen) atoms. The van der Waals surface area contributed by atoms with Crippen molar-refractivity contribution in [3.05, 3.63) is 56.4 Å². The van der Waals surface area contributed by atoms with Gasteiger partial charge in [-0.3, -0.25) is 14.6 Å². The van der Waals surface area contributed by atoms with E-state index in [-0.39, 0.29) is 23.7 Å². The number of rotatable bonds is 6. The van der Waals surface area contributed by atoms with Gasteiger partial charge in [0.05, 0.1) is 18.1 Å². The maximum Gasteiger partial charge on any atom is 0.345 e. The van der Waals surface area contributed by atoms with Crippen LogP contribution in [0.5, 0.6) is 0 Å². The fourth-order valence-corrected chi connectivity index (χ4v) is 4.22. The molecule has 3 N–H and O–H groups in total. The van der Waals surface area contributed by atoms with Crippen LogP contribution in [0.15, 0.2) is 38.9 Å². The number of aromatic nitrogens is 2. The van der Waals surface area contributed by atoms with Gasteiger partial charge < -0.3 is 19.8 Å². The van der Waals surface area contributed by atoms with Crippen LogP contribution in [0.2, 0.25) is 0 Å². The van der Waals surface area contributed by atoms with Crippen LogP contribution in [-0.4, -0.2) is 67.5 Å². The summed E-state index contributed by atoms with van der Waals surface area (Å²) in [7, 11) is -3.76. The molecule has 0 radical (unpaired) electrons. The Hall–Kier alpha value is -3.29. The van der Waals surface area contributed by atoms with Crippen LogP contribution in [0.4, 0.5) is 5.69 Å². The second-order valence-electron chi connectivity index (χ2n) is 6.60. The first kappa shape index (κ1) is 22.4. The van der Waals surface area contributed by atoms with E-state index in [1.165, 1.54) is 16.4 Å². The summed E-state index contributed by atoms with van der Waals surface area (Å²) in [4.78, 5) is 50.7. The summed E-state index contributed by atoms with van der Waals surface area (Å²) >= 11 is 0. The van der Waals surface area contributed by atoms with Gasteiger partial charge in [0.25, 0.3) is 11.5 Å². The highest BCUT2D eigenvalue weighted by atomic mass is 32.2. The van der Waals surface area contributed by atoms with Crippen molar-refractivity contribution < 1.29 is 27.5 Å². The summed E-state index contributed by atoms with van der Waals surface area (Å²) in [6.07, 6.45) is 0.880. The normalized spacial score (nSPS) is 14.7. The molecule has 0 spiro atoms. The number of hydrogen-bond donors (Lipinski definition) is 3. The molecule has 1 aliphatic rings. The minimum atomic E-state index is -3.76. The highest BCUT2D eigenvalue weighted by Crippen LogP contribution is 2.23. The van der Waals surface area contributed by atoms with Gasteiger partial charge in [-0.25, -0.2) is 18.0 Å². The zero-order valence-corrected chi connectivity index (χ0v) is 17.3. The summed E-state index contributed by atoms with van der Waals surface area (Å²) < 4.78 is 36.8. The van der Waals surface area contributed by atoms with E-state index in [0.29, 0.717) is 18.8 Å². The summed E-state index contributed by atoms with van der Waals surface area (Å²) in [5.74, 6) is -1.84. The lowest BCUT2D eigenvalue weighted by Crippen LogP contribution is -2.40. The summed E-state index contributed by atoms with van der Waals surface area (Å²) in [6, 6.07) is 4.32. The molecule has 1 fully saturated rings. The Morgan fingerprint density at radius 2 is 1.94 bits per heavy atom. The van der Waals surface area contributed by atoms with Crippen molar-refractivity contribution in [2.24, 2.45) is 0 Å². The first-order chi connectivity index (χ1) is 14.7. The monoisotopic (exact) mass is 452 g/mol. The minimum Gasteiger partial charge on any atom is -0.452 e. The molecule has 1 aliphatic heterocycles. The molecule has 0 unspecified atom stereocenters. The number of aryl methyl sites for hydroxylation is 1. The molecule has 2 aromatic rings. The Kier molecular flexibility index (Phi) is 6.68. The van der Waals surface area contributed by atoms with E-state index < -0.39 is 45.3 Å². The third-order valence-electron chi connectivity index (χ3n) is 4.46. The number of aromatic amines is 2. The number of ether oxygens (including phenoxy) is 2. The zero-order chi connectivity index (χ0) is 22.6. The van der Waals surface area contributed by atoms with Crippen LogP contribution in [0, 0.1) is 6.92 Å². The largest absolute Gasteiger partial charge is 0.452 e. The molecule has 3 rings (SSSR count). The highest BCUT2D eigenvalue weighted by Gasteiger charge is 2.27. The Morgan fingerprint density at radius 1 is 1.23 bits per heavy atom. The Morgan fingerprint density at radius 3 is 2.61 bits per heavy atom. The average Bonchev–Trinajstić information content (AvgIpc) is 2.74.